The summed E-state index contributed by atoms with van der Waals surface area (Å²) in [5, 5.41) is 0. The Morgan fingerprint density at radius 1 is 1.14 bits per heavy atom. The maximum absolute atomic E-state index is 12.8. The molecule has 0 radical (unpaired) electrons. The van der Waals surface area contributed by atoms with Crippen LogP contribution in [-0.4, -0.2) is 31.7 Å². The molecule has 5 nitrogen and oxygen atoms in total. The number of imidazole rings is 1. The van der Waals surface area contributed by atoms with Crippen molar-refractivity contribution in [3.8, 4) is 0 Å². The molecule has 3 aromatic rings. The number of hydrogen-bond donors (Lipinski definition) is 0. The summed E-state index contributed by atoms with van der Waals surface area (Å²) >= 11 is 0. The van der Waals surface area contributed by atoms with Crippen molar-refractivity contribution in [1.29, 1.82) is 0 Å². The average Bonchev–Trinajstić information content (AvgIpc) is 2.86. The van der Waals surface area contributed by atoms with Gasteiger partial charge in [0.1, 0.15) is 5.69 Å². The predicted octanol–water partition coefficient (Wildman–Crippen LogP) is 2.32. The van der Waals surface area contributed by atoms with Gasteiger partial charge < -0.3 is 4.90 Å². The second kappa shape index (κ2) is 5.26. The highest BCUT2D eigenvalue weighted by molar-refractivity contribution is 5.92. The van der Waals surface area contributed by atoms with Crippen LogP contribution < -0.4 is 0 Å². The van der Waals surface area contributed by atoms with Crippen molar-refractivity contribution >= 4 is 11.7 Å². The van der Waals surface area contributed by atoms with Gasteiger partial charge in [-0.15, -0.1) is 0 Å². The fraction of sp³-hybridized carbons (Fsp3) is 0.235. The molecule has 0 spiro atoms. The number of carbonyl (C=O) groups excluding carboxylic acids is 1. The van der Waals surface area contributed by atoms with Gasteiger partial charge in [-0.05, 0) is 30.0 Å². The van der Waals surface area contributed by atoms with E-state index in [1.807, 2.05) is 23.2 Å². The van der Waals surface area contributed by atoms with Crippen molar-refractivity contribution in [2.45, 2.75) is 19.4 Å². The summed E-state index contributed by atoms with van der Waals surface area (Å²) in [5.41, 5.74) is 3.03. The minimum atomic E-state index is -0.0257. The van der Waals surface area contributed by atoms with Crippen molar-refractivity contribution in [3.05, 3.63) is 65.7 Å². The Kier molecular flexibility index (Phi) is 3.11. The third kappa shape index (κ3) is 2.24. The van der Waals surface area contributed by atoms with Crippen molar-refractivity contribution < 1.29 is 4.79 Å². The van der Waals surface area contributed by atoms with E-state index >= 15 is 0 Å². The number of hydrogen-bond acceptors (Lipinski definition) is 3. The molecule has 0 saturated carbocycles. The normalized spacial score (nSPS) is 14.6. The molecule has 1 aliphatic rings. The molecule has 0 aliphatic carbocycles. The molecule has 22 heavy (non-hydrogen) atoms. The lowest BCUT2D eigenvalue weighted by atomic mass is 10.0. The summed E-state index contributed by atoms with van der Waals surface area (Å²) in [4.78, 5) is 23.1. The summed E-state index contributed by atoms with van der Waals surface area (Å²) in [6.45, 7) is 1.41. The molecule has 0 bridgehead atoms. The Balaban J connectivity index is 1.65. The van der Waals surface area contributed by atoms with Crippen LogP contribution in [0.15, 0.2) is 48.9 Å². The molecule has 110 valence electrons. The molecule has 0 unspecified atom stereocenters. The van der Waals surface area contributed by atoms with Crippen LogP contribution in [0.25, 0.3) is 5.78 Å². The standard InChI is InChI=1S/C17H16N4O/c22-16(15-12-21-10-4-8-18-17(21)19-15)20-9-3-7-13-5-1-2-6-14(13)11-20/h1-2,4-6,8,10,12H,3,7,9,11H2. The van der Waals surface area contributed by atoms with Gasteiger partial charge in [0, 0.05) is 31.7 Å². The molecule has 1 amide bonds. The summed E-state index contributed by atoms with van der Waals surface area (Å²) in [7, 11) is 0. The van der Waals surface area contributed by atoms with E-state index < -0.39 is 0 Å². The minimum absolute atomic E-state index is 0.0257. The van der Waals surface area contributed by atoms with Crippen molar-refractivity contribution in [3.63, 3.8) is 0 Å². The second-order valence-corrected chi connectivity index (χ2v) is 5.55. The van der Waals surface area contributed by atoms with Gasteiger partial charge in [-0.25, -0.2) is 9.97 Å². The first-order valence-corrected chi connectivity index (χ1v) is 7.47. The van der Waals surface area contributed by atoms with E-state index in [-0.39, 0.29) is 5.91 Å². The molecule has 0 atom stereocenters. The summed E-state index contributed by atoms with van der Waals surface area (Å²) in [5.74, 6) is 0.531. The Labute approximate surface area is 128 Å². The molecular formula is C17H16N4O. The molecular weight excluding hydrogens is 276 g/mol. The second-order valence-electron chi connectivity index (χ2n) is 5.55. The van der Waals surface area contributed by atoms with Gasteiger partial charge in [0.15, 0.2) is 0 Å². The molecule has 2 aromatic heterocycles. The van der Waals surface area contributed by atoms with Crippen LogP contribution in [0.3, 0.4) is 0 Å². The van der Waals surface area contributed by atoms with Crippen molar-refractivity contribution in [2.24, 2.45) is 0 Å². The zero-order valence-electron chi connectivity index (χ0n) is 12.1. The van der Waals surface area contributed by atoms with Crippen LogP contribution >= 0.6 is 0 Å². The van der Waals surface area contributed by atoms with Gasteiger partial charge in [0.2, 0.25) is 5.78 Å². The fourth-order valence-corrected chi connectivity index (χ4v) is 2.97. The molecule has 0 saturated heterocycles. The summed E-state index contributed by atoms with van der Waals surface area (Å²) < 4.78 is 1.78. The van der Waals surface area contributed by atoms with E-state index in [0.29, 0.717) is 18.0 Å². The van der Waals surface area contributed by atoms with Gasteiger partial charge in [-0.2, -0.15) is 0 Å². The molecule has 1 aliphatic heterocycles. The SMILES string of the molecule is O=C(c1cn2cccnc2n1)N1CCCc2ccccc2C1. The predicted molar refractivity (Wildman–Crippen MR) is 82.5 cm³/mol. The topological polar surface area (TPSA) is 50.5 Å². The van der Waals surface area contributed by atoms with E-state index in [1.165, 1.54) is 11.1 Å². The van der Waals surface area contributed by atoms with E-state index in [0.717, 1.165) is 19.4 Å². The first-order valence-electron chi connectivity index (χ1n) is 7.47. The lowest BCUT2D eigenvalue weighted by Crippen LogP contribution is -2.30. The third-order valence-corrected chi connectivity index (χ3v) is 4.10. The van der Waals surface area contributed by atoms with Crippen LogP contribution in [0.2, 0.25) is 0 Å². The monoisotopic (exact) mass is 292 g/mol. The molecule has 5 heteroatoms. The smallest absolute Gasteiger partial charge is 0.274 e. The quantitative estimate of drug-likeness (QED) is 0.691. The van der Waals surface area contributed by atoms with Gasteiger partial charge in [-0.3, -0.25) is 9.20 Å². The Morgan fingerprint density at radius 2 is 2.00 bits per heavy atom. The number of rotatable bonds is 1. The molecule has 4 rings (SSSR count). The molecule has 0 N–H and O–H groups in total. The van der Waals surface area contributed by atoms with Gasteiger partial charge in [0.05, 0.1) is 0 Å². The highest BCUT2D eigenvalue weighted by atomic mass is 16.2. The largest absolute Gasteiger partial charge is 0.333 e. The van der Waals surface area contributed by atoms with Crippen LogP contribution in [0.4, 0.5) is 0 Å². The van der Waals surface area contributed by atoms with E-state index in [4.69, 9.17) is 0 Å². The Morgan fingerprint density at radius 3 is 2.86 bits per heavy atom. The van der Waals surface area contributed by atoms with Gasteiger partial charge in [-0.1, -0.05) is 24.3 Å². The number of carbonyl (C=O) groups is 1. The van der Waals surface area contributed by atoms with Gasteiger partial charge in [0.25, 0.3) is 5.91 Å². The van der Waals surface area contributed by atoms with Gasteiger partial charge >= 0.3 is 0 Å². The van der Waals surface area contributed by atoms with Crippen molar-refractivity contribution in [2.75, 3.05) is 6.54 Å². The number of benzene rings is 1. The highest BCUT2D eigenvalue weighted by Gasteiger charge is 2.22. The Bertz CT molecular complexity index is 806. The first-order chi connectivity index (χ1) is 10.8. The molecule has 1 aromatic carbocycles. The van der Waals surface area contributed by atoms with Crippen molar-refractivity contribution in [1.82, 2.24) is 19.3 Å². The molecule has 3 heterocycles. The maximum Gasteiger partial charge on any atom is 0.274 e. The highest BCUT2D eigenvalue weighted by Crippen LogP contribution is 2.20. The van der Waals surface area contributed by atoms with E-state index in [9.17, 15) is 4.79 Å². The lowest BCUT2D eigenvalue weighted by Gasteiger charge is -2.19. The zero-order chi connectivity index (χ0) is 14.9. The number of amides is 1. The Hall–Kier alpha value is -2.69. The lowest BCUT2D eigenvalue weighted by molar-refractivity contribution is 0.0740. The summed E-state index contributed by atoms with van der Waals surface area (Å²) in [6.07, 6.45) is 7.28. The van der Waals surface area contributed by atoms with Crippen LogP contribution in [0.5, 0.6) is 0 Å². The number of aryl methyl sites for hydroxylation is 1. The van der Waals surface area contributed by atoms with E-state index in [2.05, 4.69) is 28.2 Å². The number of fused-ring (bicyclic) bond motifs is 2. The zero-order valence-corrected chi connectivity index (χ0v) is 12.1. The number of aromatic nitrogens is 3. The minimum Gasteiger partial charge on any atom is -0.333 e. The van der Waals surface area contributed by atoms with Crippen LogP contribution in [0.1, 0.15) is 28.0 Å². The number of nitrogens with zero attached hydrogens (tertiary/aromatic N) is 4. The van der Waals surface area contributed by atoms with E-state index in [1.54, 1.807) is 16.8 Å². The first kappa shape index (κ1) is 13.0. The molecule has 0 fully saturated rings. The van der Waals surface area contributed by atoms with Crippen LogP contribution in [-0.2, 0) is 13.0 Å². The summed E-state index contributed by atoms with van der Waals surface area (Å²) in [6, 6.07) is 10.2. The fourth-order valence-electron chi connectivity index (χ4n) is 2.97. The van der Waals surface area contributed by atoms with Crippen LogP contribution in [0, 0.1) is 0 Å². The third-order valence-electron chi connectivity index (χ3n) is 4.10. The average molecular weight is 292 g/mol. The maximum atomic E-state index is 12.8.